The van der Waals surface area contributed by atoms with Gasteiger partial charge in [-0.05, 0) is 31.9 Å². The van der Waals surface area contributed by atoms with Crippen molar-refractivity contribution in [1.29, 1.82) is 0 Å². The van der Waals surface area contributed by atoms with Crippen LogP contribution in [0.15, 0.2) is 29.3 Å². The van der Waals surface area contributed by atoms with Crippen LogP contribution >= 0.6 is 24.0 Å². The van der Waals surface area contributed by atoms with Gasteiger partial charge in [0.2, 0.25) is 0 Å². The second-order valence-corrected chi connectivity index (χ2v) is 7.25. The average Bonchev–Trinajstić information content (AvgIpc) is 3.38. The van der Waals surface area contributed by atoms with Crippen molar-refractivity contribution in [2.24, 2.45) is 12.0 Å². The third-order valence-corrected chi connectivity index (χ3v) is 4.94. The molecule has 1 aromatic heterocycles. The molecule has 0 spiro atoms. The number of benzene rings is 1. The molecule has 0 aliphatic carbocycles. The molecule has 2 N–H and O–H groups in total. The largest absolute Gasteiger partial charge is 0.493 e. The molecule has 1 aromatic carbocycles. The molecule has 3 rings (SSSR count). The van der Waals surface area contributed by atoms with Crippen LogP contribution < -0.4 is 15.4 Å². The lowest BCUT2D eigenvalue weighted by Gasteiger charge is -2.16. The zero-order valence-corrected chi connectivity index (χ0v) is 20.8. The molecule has 1 aliphatic rings. The van der Waals surface area contributed by atoms with Gasteiger partial charge in [-0.3, -0.25) is 0 Å². The number of nitrogens with zero attached hydrogens (tertiary/aromatic N) is 4. The Balaban J connectivity index is 0.00000341. The first-order chi connectivity index (χ1) is 14.7. The number of aryl methyl sites for hydroxylation is 1. The molecule has 0 radical (unpaired) electrons. The Labute approximate surface area is 201 Å². The summed E-state index contributed by atoms with van der Waals surface area (Å²) in [6, 6.07) is 7.84. The molecule has 0 saturated carbocycles. The molecule has 1 atom stereocenters. The maximum atomic E-state index is 5.80. The quantitative estimate of drug-likeness (QED) is 0.206. The predicted molar refractivity (Wildman–Crippen MR) is 131 cm³/mol. The molecule has 0 bridgehead atoms. The molecule has 9 nitrogen and oxygen atoms in total. The van der Waals surface area contributed by atoms with Crippen molar-refractivity contribution >= 4 is 35.6 Å². The maximum absolute atomic E-state index is 5.80. The summed E-state index contributed by atoms with van der Waals surface area (Å²) in [6.45, 7) is 5.17. The Kier molecular flexibility index (Phi) is 11.0. The summed E-state index contributed by atoms with van der Waals surface area (Å²) in [5, 5.41) is 15.0. The van der Waals surface area contributed by atoms with Crippen LogP contribution in [0, 0.1) is 6.92 Å². The summed E-state index contributed by atoms with van der Waals surface area (Å²) in [7, 11) is 3.63. The smallest absolute Gasteiger partial charge is 0.196 e. The molecular formula is C21H33IN6O3. The highest BCUT2D eigenvalue weighted by Crippen LogP contribution is 2.18. The fraction of sp³-hybridized carbons (Fsp3) is 0.571. The Morgan fingerprint density at radius 2 is 2.19 bits per heavy atom. The van der Waals surface area contributed by atoms with E-state index in [0.717, 1.165) is 49.0 Å². The van der Waals surface area contributed by atoms with E-state index in [0.29, 0.717) is 32.3 Å². The summed E-state index contributed by atoms with van der Waals surface area (Å²) >= 11 is 0. The van der Waals surface area contributed by atoms with Crippen molar-refractivity contribution in [1.82, 2.24) is 20.1 Å². The fourth-order valence-electron chi connectivity index (χ4n) is 3.09. The highest BCUT2D eigenvalue weighted by atomic mass is 127. The number of ether oxygens (including phenoxy) is 3. The SMILES string of the molecule is COCCCOc1cccc(NC(=NCc2nnc(C)n2C)NCC2CCCO2)c1.I. The van der Waals surface area contributed by atoms with E-state index in [1.165, 1.54) is 0 Å². The minimum Gasteiger partial charge on any atom is -0.493 e. The molecule has 2 heterocycles. The summed E-state index contributed by atoms with van der Waals surface area (Å²) in [6.07, 6.45) is 3.23. The summed E-state index contributed by atoms with van der Waals surface area (Å²) in [5.74, 6) is 3.14. The van der Waals surface area contributed by atoms with E-state index in [-0.39, 0.29) is 30.1 Å². The Bertz CT molecular complexity index is 823. The Morgan fingerprint density at radius 3 is 2.90 bits per heavy atom. The van der Waals surface area contributed by atoms with Crippen LogP contribution in [-0.2, 0) is 23.1 Å². The summed E-state index contributed by atoms with van der Waals surface area (Å²) in [5.41, 5.74) is 0.895. The van der Waals surface area contributed by atoms with Crippen LogP contribution in [0.4, 0.5) is 5.69 Å². The molecule has 1 unspecified atom stereocenters. The van der Waals surface area contributed by atoms with Gasteiger partial charge in [0.25, 0.3) is 0 Å². The topological polar surface area (TPSA) is 94.8 Å². The maximum Gasteiger partial charge on any atom is 0.196 e. The van der Waals surface area contributed by atoms with Crippen LogP contribution in [-0.4, -0.2) is 60.3 Å². The zero-order valence-electron chi connectivity index (χ0n) is 18.5. The number of nitrogens with one attached hydrogen (secondary N) is 2. The number of anilines is 1. The molecule has 2 aromatic rings. The molecule has 0 amide bonds. The monoisotopic (exact) mass is 544 g/mol. The van der Waals surface area contributed by atoms with E-state index in [4.69, 9.17) is 19.2 Å². The van der Waals surface area contributed by atoms with Gasteiger partial charge < -0.3 is 29.4 Å². The number of methoxy groups -OCH3 is 1. The minimum atomic E-state index is 0. The van der Waals surface area contributed by atoms with Gasteiger partial charge in [-0.1, -0.05) is 6.07 Å². The van der Waals surface area contributed by atoms with Crippen molar-refractivity contribution in [3.63, 3.8) is 0 Å². The molecule has 31 heavy (non-hydrogen) atoms. The molecule has 10 heteroatoms. The second kappa shape index (κ2) is 13.5. The van der Waals surface area contributed by atoms with Crippen LogP contribution in [0.5, 0.6) is 5.75 Å². The first-order valence-corrected chi connectivity index (χ1v) is 10.4. The van der Waals surface area contributed by atoms with Gasteiger partial charge in [-0.25, -0.2) is 4.99 Å². The van der Waals surface area contributed by atoms with Crippen LogP contribution in [0.2, 0.25) is 0 Å². The second-order valence-electron chi connectivity index (χ2n) is 7.25. The first-order valence-electron chi connectivity index (χ1n) is 10.4. The van der Waals surface area contributed by atoms with Crippen LogP contribution in [0.3, 0.4) is 0 Å². The van der Waals surface area contributed by atoms with Crippen LogP contribution in [0.25, 0.3) is 0 Å². The van der Waals surface area contributed by atoms with Crippen molar-refractivity contribution < 1.29 is 14.2 Å². The van der Waals surface area contributed by atoms with Crippen molar-refractivity contribution in [3.8, 4) is 5.75 Å². The van der Waals surface area contributed by atoms with Crippen molar-refractivity contribution in [2.75, 3.05) is 38.8 Å². The lowest BCUT2D eigenvalue weighted by Crippen LogP contribution is -2.36. The van der Waals surface area contributed by atoms with Gasteiger partial charge in [-0.15, -0.1) is 34.2 Å². The summed E-state index contributed by atoms with van der Waals surface area (Å²) < 4.78 is 18.5. The zero-order chi connectivity index (χ0) is 21.2. The van der Waals surface area contributed by atoms with E-state index >= 15 is 0 Å². The Morgan fingerprint density at radius 1 is 1.32 bits per heavy atom. The van der Waals surface area contributed by atoms with E-state index in [9.17, 15) is 0 Å². The summed E-state index contributed by atoms with van der Waals surface area (Å²) in [4.78, 5) is 4.70. The van der Waals surface area contributed by atoms with Crippen molar-refractivity contribution in [2.45, 2.75) is 38.8 Å². The molecular weight excluding hydrogens is 511 g/mol. The minimum absolute atomic E-state index is 0. The van der Waals surface area contributed by atoms with E-state index in [2.05, 4.69) is 20.8 Å². The molecule has 1 fully saturated rings. The first kappa shape index (κ1) is 25.3. The number of halogens is 1. The van der Waals surface area contributed by atoms with Gasteiger partial charge in [0.15, 0.2) is 11.8 Å². The number of rotatable bonds is 10. The van der Waals surface area contributed by atoms with Gasteiger partial charge in [-0.2, -0.15) is 0 Å². The normalized spacial score (nSPS) is 16.1. The van der Waals surface area contributed by atoms with Gasteiger partial charge in [0, 0.05) is 52.1 Å². The number of guanidine groups is 1. The van der Waals surface area contributed by atoms with E-state index < -0.39 is 0 Å². The third-order valence-electron chi connectivity index (χ3n) is 4.94. The average molecular weight is 544 g/mol. The molecule has 172 valence electrons. The van der Waals surface area contributed by atoms with Gasteiger partial charge in [0.1, 0.15) is 18.1 Å². The highest BCUT2D eigenvalue weighted by molar-refractivity contribution is 14.0. The standard InChI is InChI=1S/C21H32N6O3.HI/c1-16-25-26-20(27(16)2)15-23-21(22-14-19-9-5-11-30-19)24-17-7-4-8-18(13-17)29-12-6-10-28-3;/h4,7-8,13,19H,5-6,9-12,14-15H2,1-3H3,(H2,22,23,24);1H. The van der Waals surface area contributed by atoms with E-state index in [1.807, 2.05) is 42.8 Å². The highest BCUT2D eigenvalue weighted by Gasteiger charge is 2.16. The molecule has 1 saturated heterocycles. The number of hydrogen-bond donors (Lipinski definition) is 2. The van der Waals surface area contributed by atoms with E-state index in [1.54, 1.807) is 7.11 Å². The third kappa shape index (κ3) is 8.26. The van der Waals surface area contributed by atoms with Crippen LogP contribution in [0.1, 0.15) is 30.9 Å². The molecule has 1 aliphatic heterocycles. The Hall–Kier alpha value is -1.92. The number of aliphatic imine (C=N–C) groups is 1. The lowest BCUT2D eigenvalue weighted by atomic mass is 10.2. The lowest BCUT2D eigenvalue weighted by molar-refractivity contribution is 0.114. The fourth-order valence-corrected chi connectivity index (χ4v) is 3.09. The number of hydrogen-bond acceptors (Lipinski definition) is 6. The van der Waals surface area contributed by atoms with Gasteiger partial charge >= 0.3 is 0 Å². The van der Waals surface area contributed by atoms with Crippen molar-refractivity contribution in [3.05, 3.63) is 35.9 Å². The van der Waals surface area contributed by atoms with Gasteiger partial charge in [0.05, 0.1) is 12.7 Å². The number of aromatic nitrogens is 3. The predicted octanol–water partition coefficient (Wildman–Crippen LogP) is 2.89.